The van der Waals surface area contributed by atoms with Crippen LogP contribution in [-0.2, 0) is 21.7 Å². The Morgan fingerprint density at radius 3 is 2.41 bits per heavy atom. The summed E-state index contributed by atoms with van der Waals surface area (Å²) in [5.74, 6) is 0.694. The summed E-state index contributed by atoms with van der Waals surface area (Å²) in [6.45, 7) is 5.23. The summed E-state index contributed by atoms with van der Waals surface area (Å²) in [6, 6.07) is 26.8. The molecular formula is C34H36N4O3. The molecule has 7 rings (SSSR count). The molecule has 4 aromatic rings. The van der Waals surface area contributed by atoms with Crippen LogP contribution in [0.15, 0.2) is 78.9 Å². The summed E-state index contributed by atoms with van der Waals surface area (Å²) in [6.07, 6.45) is 1.73. The van der Waals surface area contributed by atoms with E-state index in [1.54, 1.807) is 7.11 Å². The molecule has 0 bridgehead atoms. The minimum absolute atomic E-state index is 0.00280. The van der Waals surface area contributed by atoms with E-state index in [-0.39, 0.29) is 30.3 Å². The Hall–Kier alpha value is -4.10. The number of piperazine rings is 1. The van der Waals surface area contributed by atoms with Gasteiger partial charge in [0.05, 0.1) is 12.8 Å². The molecule has 0 saturated carbocycles. The molecule has 0 unspecified atom stereocenters. The highest BCUT2D eigenvalue weighted by atomic mass is 16.5. The van der Waals surface area contributed by atoms with Crippen LogP contribution in [0.5, 0.6) is 5.75 Å². The molecule has 2 amide bonds. The summed E-state index contributed by atoms with van der Waals surface area (Å²) in [5, 5.41) is 1.09. The first-order valence-corrected chi connectivity index (χ1v) is 14.6. The molecule has 2 fully saturated rings. The maximum Gasteiger partial charge on any atom is 0.255 e. The molecule has 3 aliphatic heterocycles. The van der Waals surface area contributed by atoms with Crippen LogP contribution in [0.1, 0.15) is 48.1 Å². The Labute approximate surface area is 240 Å². The van der Waals surface area contributed by atoms with E-state index in [4.69, 9.17) is 4.74 Å². The molecule has 7 heteroatoms. The molecule has 210 valence electrons. The lowest BCUT2D eigenvalue weighted by Gasteiger charge is -2.53. The summed E-state index contributed by atoms with van der Waals surface area (Å²) < 4.78 is 5.76. The number of aromatic amines is 1. The zero-order valence-corrected chi connectivity index (χ0v) is 23.7. The van der Waals surface area contributed by atoms with Gasteiger partial charge >= 0.3 is 0 Å². The average Bonchev–Trinajstić information content (AvgIpc) is 3.41. The van der Waals surface area contributed by atoms with Gasteiger partial charge in [-0.3, -0.25) is 14.5 Å². The number of ether oxygens (including phenoxy) is 1. The van der Waals surface area contributed by atoms with Crippen LogP contribution < -0.4 is 4.74 Å². The number of likely N-dealkylation sites (tertiary alicyclic amines) is 1. The molecule has 3 aliphatic rings. The second kappa shape index (κ2) is 10.1. The minimum atomic E-state index is -1.09. The van der Waals surface area contributed by atoms with Crippen molar-refractivity contribution < 1.29 is 14.3 Å². The van der Waals surface area contributed by atoms with Crippen molar-refractivity contribution in [3.63, 3.8) is 0 Å². The average molecular weight is 549 g/mol. The Kier molecular flexibility index (Phi) is 6.35. The first kappa shape index (κ1) is 25.8. The van der Waals surface area contributed by atoms with Crippen LogP contribution in [0.2, 0.25) is 0 Å². The first-order valence-electron chi connectivity index (χ1n) is 14.6. The van der Waals surface area contributed by atoms with Gasteiger partial charge in [0.2, 0.25) is 5.91 Å². The summed E-state index contributed by atoms with van der Waals surface area (Å²) in [4.78, 5) is 38.3. The van der Waals surface area contributed by atoms with Crippen molar-refractivity contribution in [3.05, 3.63) is 101 Å². The number of nitrogens with one attached hydrogen (secondary N) is 1. The highest BCUT2D eigenvalue weighted by Crippen LogP contribution is 2.49. The number of hydrogen-bond acceptors (Lipinski definition) is 4. The van der Waals surface area contributed by atoms with E-state index in [0.717, 1.165) is 65.9 Å². The van der Waals surface area contributed by atoms with Crippen LogP contribution in [0.4, 0.5) is 0 Å². The number of methoxy groups -OCH3 is 1. The van der Waals surface area contributed by atoms with Gasteiger partial charge in [-0.15, -0.1) is 0 Å². The molecule has 7 nitrogen and oxygen atoms in total. The second-order valence-corrected chi connectivity index (χ2v) is 11.8. The lowest BCUT2D eigenvalue weighted by atomic mass is 9.75. The third kappa shape index (κ3) is 4.13. The maximum atomic E-state index is 14.6. The van der Waals surface area contributed by atoms with Crippen molar-refractivity contribution in [2.45, 2.75) is 43.8 Å². The van der Waals surface area contributed by atoms with Gasteiger partial charge in [0.25, 0.3) is 5.91 Å². The van der Waals surface area contributed by atoms with E-state index in [1.165, 1.54) is 5.56 Å². The van der Waals surface area contributed by atoms with Crippen LogP contribution in [0.25, 0.3) is 10.9 Å². The Morgan fingerprint density at radius 1 is 0.927 bits per heavy atom. The van der Waals surface area contributed by atoms with Gasteiger partial charge in [-0.25, -0.2) is 0 Å². The number of piperidine rings is 1. The highest BCUT2D eigenvalue weighted by molar-refractivity contribution is 6.01. The highest BCUT2D eigenvalue weighted by Gasteiger charge is 2.57. The fourth-order valence-electron chi connectivity index (χ4n) is 7.39. The number of para-hydroxylation sites is 2. The number of carbonyl (C=O) groups excluding carboxylic acids is 2. The number of H-pyrrole nitrogens is 1. The van der Waals surface area contributed by atoms with Crippen molar-refractivity contribution in [2.24, 2.45) is 0 Å². The molecular weight excluding hydrogens is 512 g/mol. The van der Waals surface area contributed by atoms with Gasteiger partial charge in [-0.05, 0) is 43.0 Å². The number of nitrogens with zero attached hydrogens (tertiary/aromatic N) is 3. The first-order chi connectivity index (χ1) is 20.0. The van der Waals surface area contributed by atoms with Gasteiger partial charge in [0.1, 0.15) is 12.3 Å². The molecule has 1 N–H and O–H groups in total. The number of benzene rings is 3. The van der Waals surface area contributed by atoms with E-state index in [9.17, 15) is 9.59 Å². The lowest BCUT2D eigenvalue weighted by molar-refractivity contribution is -0.169. The van der Waals surface area contributed by atoms with Crippen molar-refractivity contribution in [2.75, 3.05) is 33.3 Å². The molecule has 4 heterocycles. The zero-order valence-electron chi connectivity index (χ0n) is 23.7. The normalized spacial score (nSPS) is 23.5. The summed E-state index contributed by atoms with van der Waals surface area (Å²) in [7, 11) is 1.68. The maximum absolute atomic E-state index is 14.6. The number of aromatic nitrogens is 1. The van der Waals surface area contributed by atoms with E-state index < -0.39 is 5.54 Å². The standard InChI is InChI=1S/C34H36N4O3/c1-34-32-31(26-13-6-8-14-28(26)35-32)27(25-12-7-9-15-29(25)41-2)21-38(34)30(39)22-37(33(34)40)24-16-18-36(19-17-24)20-23-10-4-3-5-11-23/h3-15,24,27,35H,16-22H2,1-2H3/t27-,34-/m0/s1. The van der Waals surface area contributed by atoms with Crippen molar-refractivity contribution in [1.82, 2.24) is 19.7 Å². The van der Waals surface area contributed by atoms with E-state index in [0.29, 0.717) is 6.54 Å². The second-order valence-electron chi connectivity index (χ2n) is 11.8. The molecule has 0 aliphatic carbocycles. The fourth-order valence-corrected chi connectivity index (χ4v) is 7.39. The van der Waals surface area contributed by atoms with E-state index in [2.05, 4.69) is 52.3 Å². The van der Waals surface area contributed by atoms with Gasteiger partial charge in [0.15, 0.2) is 5.54 Å². The Morgan fingerprint density at radius 2 is 1.63 bits per heavy atom. The van der Waals surface area contributed by atoms with Crippen LogP contribution >= 0.6 is 0 Å². The smallest absolute Gasteiger partial charge is 0.255 e. The monoisotopic (exact) mass is 548 g/mol. The van der Waals surface area contributed by atoms with Gasteiger partial charge < -0.3 is 19.5 Å². The number of rotatable bonds is 5. The van der Waals surface area contributed by atoms with Crippen molar-refractivity contribution >= 4 is 22.7 Å². The number of fused-ring (bicyclic) bond motifs is 5. The quantitative estimate of drug-likeness (QED) is 0.386. The van der Waals surface area contributed by atoms with Gasteiger partial charge in [-0.1, -0.05) is 66.7 Å². The SMILES string of the molecule is COc1ccccc1[C@@H]1CN2C(=O)CN(C3CCN(Cc4ccccc4)CC3)C(=O)[C@]2(C)c2[nH]c3ccccc3c21. The predicted molar refractivity (Wildman–Crippen MR) is 159 cm³/mol. The van der Waals surface area contributed by atoms with Crippen LogP contribution in [-0.4, -0.2) is 70.8 Å². The molecule has 0 spiro atoms. The van der Waals surface area contributed by atoms with Gasteiger partial charge in [-0.2, -0.15) is 0 Å². The summed E-state index contributed by atoms with van der Waals surface area (Å²) >= 11 is 0. The van der Waals surface area contributed by atoms with Crippen molar-refractivity contribution in [1.29, 1.82) is 0 Å². The molecule has 1 aromatic heterocycles. The van der Waals surface area contributed by atoms with Gasteiger partial charge in [0, 0.05) is 54.6 Å². The topological polar surface area (TPSA) is 68.9 Å². The fraction of sp³-hybridized carbons (Fsp3) is 0.353. The van der Waals surface area contributed by atoms with Crippen LogP contribution in [0.3, 0.4) is 0 Å². The molecule has 2 atom stereocenters. The number of amides is 2. The largest absolute Gasteiger partial charge is 0.496 e. The minimum Gasteiger partial charge on any atom is -0.496 e. The Bertz CT molecular complexity index is 1610. The predicted octanol–water partition coefficient (Wildman–Crippen LogP) is 4.87. The molecule has 41 heavy (non-hydrogen) atoms. The molecule has 3 aromatic carbocycles. The lowest BCUT2D eigenvalue weighted by Crippen LogP contribution is -2.69. The van der Waals surface area contributed by atoms with E-state index >= 15 is 0 Å². The summed E-state index contributed by atoms with van der Waals surface area (Å²) in [5.41, 5.74) is 4.12. The third-order valence-corrected chi connectivity index (χ3v) is 9.53. The van der Waals surface area contributed by atoms with E-state index in [1.807, 2.05) is 53.1 Å². The van der Waals surface area contributed by atoms with Crippen molar-refractivity contribution in [3.8, 4) is 5.75 Å². The molecule has 0 radical (unpaired) electrons. The zero-order chi connectivity index (χ0) is 28.1. The van der Waals surface area contributed by atoms with Crippen LogP contribution in [0, 0.1) is 0 Å². The third-order valence-electron chi connectivity index (χ3n) is 9.53. The Balaban J connectivity index is 1.23. The molecule has 2 saturated heterocycles. The number of hydrogen-bond donors (Lipinski definition) is 1. The number of carbonyl (C=O) groups is 2.